The van der Waals surface area contributed by atoms with Crippen molar-refractivity contribution in [3.8, 4) is 11.8 Å². The highest BCUT2D eigenvalue weighted by Crippen LogP contribution is 2.41. The van der Waals surface area contributed by atoms with Crippen LogP contribution < -0.4 is 0 Å². The Bertz CT molecular complexity index is 904. The van der Waals surface area contributed by atoms with Crippen molar-refractivity contribution in [2.45, 2.75) is 25.0 Å². The van der Waals surface area contributed by atoms with Gasteiger partial charge in [-0.25, -0.2) is 14.6 Å². The van der Waals surface area contributed by atoms with Crippen molar-refractivity contribution in [3.05, 3.63) is 108 Å². The van der Waals surface area contributed by atoms with Crippen molar-refractivity contribution in [1.29, 1.82) is 0 Å². The Balaban J connectivity index is 2.15. The van der Waals surface area contributed by atoms with E-state index in [1.165, 1.54) is 0 Å². The first kappa shape index (κ1) is 20.3. The van der Waals surface area contributed by atoms with E-state index in [-0.39, 0.29) is 0 Å². The van der Waals surface area contributed by atoms with Crippen LogP contribution in [0.4, 0.5) is 0 Å². The van der Waals surface area contributed by atoms with Gasteiger partial charge < -0.3 is 5.11 Å². The minimum atomic E-state index is -1.22. The number of benzene rings is 3. The summed E-state index contributed by atoms with van der Waals surface area (Å²) in [6.45, 7) is 3.32. The molecule has 4 nitrogen and oxygen atoms in total. The van der Waals surface area contributed by atoms with Gasteiger partial charge in [-0.2, -0.15) is 0 Å². The minimum absolute atomic E-state index is 0.874. The number of carboxylic acids is 1. The predicted octanol–water partition coefficient (Wildman–Crippen LogP) is 4.79. The van der Waals surface area contributed by atoms with Crippen molar-refractivity contribution >= 4 is 5.97 Å². The molecule has 1 N–H and O–H groups in total. The molecule has 4 heteroatoms. The topological polar surface area (TPSA) is 55.8 Å². The summed E-state index contributed by atoms with van der Waals surface area (Å²) in [5, 5.41) is 8.87. The van der Waals surface area contributed by atoms with Crippen LogP contribution in [0.1, 0.15) is 30.5 Å². The summed E-state index contributed by atoms with van der Waals surface area (Å²) >= 11 is 0. The Morgan fingerprint density at radius 3 is 1.45 bits per heavy atom. The summed E-state index contributed by atoms with van der Waals surface area (Å²) in [7, 11) is 0. The van der Waals surface area contributed by atoms with Crippen molar-refractivity contribution < 1.29 is 19.7 Å². The van der Waals surface area contributed by atoms with E-state index in [0.29, 0.717) is 0 Å². The third-order valence-electron chi connectivity index (χ3n) is 4.39. The zero-order valence-corrected chi connectivity index (χ0v) is 16.3. The lowest BCUT2D eigenvalue weighted by Crippen LogP contribution is -2.37. The van der Waals surface area contributed by atoms with Crippen LogP contribution in [0.3, 0.4) is 0 Å². The molecule has 0 aromatic heterocycles. The molecule has 146 valence electrons. The third kappa shape index (κ3) is 4.72. The first-order valence-corrected chi connectivity index (χ1v) is 9.23. The van der Waals surface area contributed by atoms with Crippen LogP contribution in [0.5, 0.6) is 0 Å². The molecule has 0 unspecified atom stereocenters. The number of hydrogen-bond acceptors (Lipinski definition) is 3. The zero-order valence-electron chi connectivity index (χ0n) is 16.3. The highest BCUT2D eigenvalue weighted by atomic mass is 17.2. The van der Waals surface area contributed by atoms with Crippen LogP contribution in [0.2, 0.25) is 0 Å². The van der Waals surface area contributed by atoms with Gasteiger partial charge in [-0.05, 0) is 30.5 Å². The maximum Gasteiger partial charge on any atom is 0.382 e. The van der Waals surface area contributed by atoms with E-state index < -0.39 is 17.2 Å². The summed E-state index contributed by atoms with van der Waals surface area (Å²) in [6, 6.07) is 29.3. The van der Waals surface area contributed by atoms with Crippen LogP contribution >= 0.6 is 0 Å². The second kappa shape index (κ2) is 8.74. The van der Waals surface area contributed by atoms with Gasteiger partial charge >= 0.3 is 5.97 Å². The highest BCUT2D eigenvalue weighted by molar-refractivity contribution is 5.86. The fourth-order valence-electron chi connectivity index (χ4n) is 3.05. The van der Waals surface area contributed by atoms with Gasteiger partial charge in [0.25, 0.3) is 0 Å². The van der Waals surface area contributed by atoms with Gasteiger partial charge in [-0.15, -0.1) is 0 Å². The molecule has 0 fully saturated rings. The maximum absolute atomic E-state index is 10.8. The quantitative estimate of drug-likeness (QED) is 0.286. The second-order valence-corrected chi connectivity index (χ2v) is 7.01. The van der Waals surface area contributed by atoms with E-state index in [4.69, 9.17) is 14.9 Å². The zero-order chi connectivity index (χ0) is 20.7. The van der Waals surface area contributed by atoms with Gasteiger partial charge in [-0.3, -0.25) is 0 Å². The summed E-state index contributed by atoms with van der Waals surface area (Å²) in [5.41, 5.74) is 0.423. The van der Waals surface area contributed by atoms with Gasteiger partial charge in [0.15, 0.2) is 11.2 Å². The average molecular weight is 386 g/mol. The number of rotatable bonds is 6. The molecule has 0 aliphatic carbocycles. The molecule has 0 spiro atoms. The fraction of sp³-hybridized carbons (Fsp3) is 0.160. The largest absolute Gasteiger partial charge is 0.472 e. The Morgan fingerprint density at radius 1 is 0.724 bits per heavy atom. The number of aliphatic carboxylic acids is 1. The summed E-state index contributed by atoms with van der Waals surface area (Å²) in [5.74, 6) is 3.47. The molecule has 0 bridgehead atoms. The Kier molecular flexibility index (Phi) is 6.13. The first-order chi connectivity index (χ1) is 13.9. The third-order valence-corrected chi connectivity index (χ3v) is 4.39. The lowest BCUT2D eigenvalue weighted by molar-refractivity contribution is -0.381. The van der Waals surface area contributed by atoms with Crippen molar-refractivity contribution in [2.75, 3.05) is 0 Å². The Labute approximate surface area is 170 Å². The number of carboxylic acid groups (broad SMARTS) is 1. The van der Waals surface area contributed by atoms with Gasteiger partial charge in [-0.1, -0.05) is 96.9 Å². The van der Waals surface area contributed by atoms with Crippen LogP contribution in [0.15, 0.2) is 91.0 Å². The number of carbonyl (C=O) groups is 1. The molecular weight excluding hydrogens is 364 g/mol. The molecule has 3 aromatic carbocycles. The van der Waals surface area contributed by atoms with Crippen LogP contribution in [-0.2, 0) is 20.2 Å². The monoisotopic (exact) mass is 386 g/mol. The molecule has 0 radical (unpaired) electrons. The molecule has 0 aliphatic heterocycles. The number of hydrogen-bond donors (Lipinski definition) is 1. The SMILES string of the molecule is CC(C)(C#CC(=O)O)OOC(c1ccccc1)(c1ccccc1)c1ccccc1. The molecule has 0 saturated carbocycles. The molecule has 29 heavy (non-hydrogen) atoms. The van der Waals surface area contributed by atoms with Gasteiger partial charge in [0, 0.05) is 5.92 Å². The first-order valence-electron chi connectivity index (χ1n) is 9.23. The normalized spacial score (nSPS) is 11.4. The molecule has 3 aromatic rings. The van der Waals surface area contributed by atoms with Crippen LogP contribution in [0.25, 0.3) is 0 Å². The van der Waals surface area contributed by atoms with Crippen molar-refractivity contribution in [2.24, 2.45) is 0 Å². The van der Waals surface area contributed by atoms with E-state index in [1.807, 2.05) is 91.0 Å². The van der Waals surface area contributed by atoms with E-state index in [1.54, 1.807) is 13.8 Å². The summed E-state index contributed by atoms with van der Waals surface area (Å²) < 4.78 is 0. The van der Waals surface area contributed by atoms with E-state index in [9.17, 15) is 4.79 Å². The van der Waals surface area contributed by atoms with Crippen LogP contribution in [-0.4, -0.2) is 16.7 Å². The van der Waals surface area contributed by atoms with E-state index in [2.05, 4.69) is 11.8 Å². The van der Waals surface area contributed by atoms with E-state index in [0.717, 1.165) is 16.7 Å². The molecule has 0 amide bonds. The van der Waals surface area contributed by atoms with Gasteiger partial charge in [0.1, 0.15) is 0 Å². The fourth-order valence-corrected chi connectivity index (χ4v) is 3.05. The lowest BCUT2D eigenvalue weighted by Gasteiger charge is -2.36. The predicted molar refractivity (Wildman–Crippen MR) is 111 cm³/mol. The van der Waals surface area contributed by atoms with Crippen LogP contribution in [0, 0.1) is 11.8 Å². The van der Waals surface area contributed by atoms with Crippen molar-refractivity contribution in [1.82, 2.24) is 0 Å². The summed E-state index contributed by atoms with van der Waals surface area (Å²) in [6.07, 6.45) is 0. The molecule has 0 heterocycles. The average Bonchev–Trinajstić information content (AvgIpc) is 2.75. The molecule has 0 aliphatic rings. The molecule has 0 atom stereocenters. The smallest absolute Gasteiger partial charge is 0.382 e. The Morgan fingerprint density at radius 2 is 1.10 bits per heavy atom. The van der Waals surface area contributed by atoms with Gasteiger partial charge in [0.05, 0.1) is 0 Å². The minimum Gasteiger partial charge on any atom is -0.472 e. The highest BCUT2D eigenvalue weighted by Gasteiger charge is 2.40. The lowest BCUT2D eigenvalue weighted by atomic mass is 9.80. The maximum atomic E-state index is 10.8. The standard InChI is InChI=1S/C25H22O4/c1-24(2,19-18-23(26)27)28-29-25(20-12-6-3-7-13-20,21-14-8-4-9-15-21)22-16-10-5-11-17-22/h3-17H,1-2H3,(H,26,27). The van der Waals surface area contributed by atoms with Crippen molar-refractivity contribution in [3.63, 3.8) is 0 Å². The molecule has 0 saturated heterocycles. The van der Waals surface area contributed by atoms with E-state index >= 15 is 0 Å². The molecular formula is C25H22O4. The molecule has 3 rings (SSSR count). The second-order valence-electron chi connectivity index (χ2n) is 7.01. The Hall–Kier alpha value is -3.39. The van der Waals surface area contributed by atoms with Gasteiger partial charge in [0.2, 0.25) is 0 Å². The summed E-state index contributed by atoms with van der Waals surface area (Å²) in [4.78, 5) is 22.8.